The van der Waals surface area contributed by atoms with Gasteiger partial charge in [-0.3, -0.25) is 0 Å². The van der Waals surface area contributed by atoms with Crippen molar-refractivity contribution in [1.82, 2.24) is 5.32 Å². The van der Waals surface area contributed by atoms with Crippen LogP contribution in [0.4, 0.5) is 10.1 Å². The molecule has 0 bridgehead atoms. The van der Waals surface area contributed by atoms with Crippen molar-refractivity contribution in [3.8, 4) is 0 Å². The van der Waals surface area contributed by atoms with Crippen molar-refractivity contribution >= 4 is 17.3 Å². The van der Waals surface area contributed by atoms with E-state index in [-0.39, 0.29) is 11.4 Å². The third kappa shape index (κ3) is 2.78. The van der Waals surface area contributed by atoms with E-state index in [9.17, 15) is 4.39 Å². The van der Waals surface area contributed by atoms with Crippen molar-refractivity contribution in [3.05, 3.63) is 29.0 Å². The number of nitrogens with zero attached hydrogens (tertiary/aromatic N) is 1. The van der Waals surface area contributed by atoms with Crippen LogP contribution in [0.15, 0.2) is 18.2 Å². The Morgan fingerprint density at radius 3 is 2.67 bits per heavy atom. The predicted molar refractivity (Wildman–Crippen MR) is 74.9 cm³/mol. The molecule has 0 aliphatic carbocycles. The molecule has 4 heteroatoms. The topological polar surface area (TPSA) is 15.3 Å². The van der Waals surface area contributed by atoms with E-state index in [0.29, 0.717) is 5.02 Å². The summed E-state index contributed by atoms with van der Waals surface area (Å²) >= 11 is 5.93. The standard InChI is InChI=1S/C14H20ClFN2/c1-3-14(4-2)10-18(6-5-17-14)13-8-11(15)7-12(16)9-13/h7-9,17H,3-6,10H2,1-2H3. The monoisotopic (exact) mass is 270 g/mol. The largest absolute Gasteiger partial charge is 0.368 e. The van der Waals surface area contributed by atoms with Crippen LogP contribution in [0.5, 0.6) is 0 Å². The molecule has 2 rings (SSSR count). The summed E-state index contributed by atoms with van der Waals surface area (Å²) in [6, 6.07) is 4.75. The van der Waals surface area contributed by atoms with Gasteiger partial charge in [0.05, 0.1) is 0 Å². The fourth-order valence-corrected chi connectivity index (χ4v) is 2.84. The first-order valence-electron chi connectivity index (χ1n) is 6.54. The van der Waals surface area contributed by atoms with Crippen LogP contribution >= 0.6 is 11.6 Å². The molecule has 2 nitrogen and oxygen atoms in total. The van der Waals surface area contributed by atoms with E-state index >= 15 is 0 Å². The van der Waals surface area contributed by atoms with Gasteiger partial charge >= 0.3 is 0 Å². The second-order valence-electron chi connectivity index (χ2n) is 4.96. The van der Waals surface area contributed by atoms with Gasteiger partial charge in [0.15, 0.2) is 0 Å². The zero-order valence-corrected chi connectivity index (χ0v) is 11.7. The number of nitrogens with one attached hydrogen (secondary N) is 1. The smallest absolute Gasteiger partial charge is 0.126 e. The minimum atomic E-state index is -0.269. The summed E-state index contributed by atoms with van der Waals surface area (Å²) in [5.74, 6) is -0.269. The fraction of sp³-hybridized carbons (Fsp3) is 0.571. The van der Waals surface area contributed by atoms with Gasteiger partial charge in [-0.1, -0.05) is 25.4 Å². The number of piperazine rings is 1. The van der Waals surface area contributed by atoms with Crippen molar-refractivity contribution < 1.29 is 4.39 Å². The van der Waals surface area contributed by atoms with Crippen molar-refractivity contribution in [2.24, 2.45) is 0 Å². The molecule has 0 atom stereocenters. The Morgan fingerprint density at radius 1 is 1.33 bits per heavy atom. The second-order valence-corrected chi connectivity index (χ2v) is 5.40. The van der Waals surface area contributed by atoms with E-state index in [4.69, 9.17) is 11.6 Å². The van der Waals surface area contributed by atoms with Gasteiger partial charge in [-0.05, 0) is 31.0 Å². The Kier molecular flexibility index (Phi) is 4.13. The molecular weight excluding hydrogens is 251 g/mol. The minimum Gasteiger partial charge on any atom is -0.368 e. The van der Waals surface area contributed by atoms with Crippen LogP contribution in [0.2, 0.25) is 5.02 Å². The zero-order valence-electron chi connectivity index (χ0n) is 11.0. The lowest BCUT2D eigenvalue weighted by atomic mass is 9.90. The highest BCUT2D eigenvalue weighted by Crippen LogP contribution is 2.27. The zero-order chi connectivity index (χ0) is 13.2. The maximum Gasteiger partial charge on any atom is 0.126 e. The first-order valence-corrected chi connectivity index (χ1v) is 6.92. The molecule has 1 heterocycles. The maximum absolute atomic E-state index is 13.4. The lowest BCUT2D eigenvalue weighted by molar-refractivity contribution is 0.277. The lowest BCUT2D eigenvalue weighted by Crippen LogP contribution is -2.60. The molecule has 1 aliphatic heterocycles. The van der Waals surface area contributed by atoms with E-state index in [2.05, 4.69) is 24.1 Å². The number of anilines is 1. The molecule has 1 aromatic rings. The van der Waals surface area contributed by atoms with Gasteiger partial charge in [0.1, 0.15) is 5.82 Å². The van der Waals surface area contributed by atoms with Crippen molar-refractivity contribution in [1.29, 1.82) is 0 Å². The molecule has 1 fully saturated rings. The molecule has 1 aromatic carbocycles. The molecule has 1 saturated heterocycles. The van der Waals surface area contributed by atoms with Crippen molar-refractivity contribution in [2.45, 2.75) is 32.2 Å². The Morgan fingerprint density at radius 2 is 2.06 bits per heavy atom. The van der Waals surface area contributed by atoms with E-state index in [0.717, 1.165) is 38.2 Å². The number of hydrogen-bond acceptors (Lipinski definition) is 2. The van der Waals surface area contributed by atoms with Crippen LogP contribution in [-0.2, 0) is 0 Å². The molecule has 18 heavy (non-hydrogen) atoms. The van der Waals surface area contributed by atoms with Crippen LogP contribution in [0.25, 0.3) is 0 Å². The minimum absolute atomic E-state index is 0.136. The van der Waals surface area contributed by atoms with Gasteiger partial charge in [-0.2, -0.15) is 0 Å². The Bertz CT molecular complexity index is 398. The van der Waals surface area contributed by atoms with Crippen LogP contribution in [0.3, 0.4) is 0 Å². The summed E-state index contributed by atoms with van der Waals surface area (Å²) in [7, 11) is 0. The Balaban J connectivity index is 2.22. The maximum atomic E-state index is 13.4. The van der Waals surface area contributed by atoms with E-state index in [1.807, 2.05) is 6.07 Å². The number of benzene rings is 1. The lowest BCUT2D eigenvalue weighted by Gasteiger charge is -2.44. The molecule has 0 amide bonds. The van der Waals surface area contributed by atoms with Crippen molar-refractivity contribution in [2.75, 3.05) is 24.5 Å². The molecule has 1 N–H and O–H groups in total. The van der Waals surface area contributed by atoms with Crippen LogP contribution in [0, 0.1) is 5.82 Å². The van der Waals surface area contributed by atoms with E-state index in [1.165, 1.54) is 6.07 Å². The van der Waals surface area contributed by atoms with Gasteiger partial charge in [-0.15, -0.1) is 0 Å². The van der Waals surface area contributed by atoms with Crippen molar-refractivity contribution in [3.63, 3.8) is 0 Å². The van der Waals surface area contributed by atoms with E-state index in [1.54, 1.807) is 6.07 Å². The number of rotatable bonds is 3. The van der Waals surface area contributed by atoms with Gasteiger partial charge in [0.2, 0.25) is 0 Å². The molecule has 100 valence electrons. The molecule has 0 saturated carbocycles. The summed E-state index contributed by atoms with van der Waals surface area (Å²) < 4.78 is 13.4. The fourth-order valence-electron chi connectivity index (χ4n) is 2.62. The first-order chi connectivity index (χ1) is 8.58. The molecule has 0 aromatic heterocycles. The summed E-state index contributed by atoms with van der Waals surface area (Å²) in [6.07, 6.45) is 2.14. The predicted octanol–water partition coefficient (Wildman–Crippen LogP) is 3.45. The van der Waals surface area contributed by atoms with Crippen LogP contribution < -0.4 is 10.2 Å². The molecular formula is C14H20ClFN2. The van der Waals surface area contributed by atoms with Crippen LogP contribution in [0.1, 0.15) is 26.7 Å². The summed E-state index contributed by atoms with van der Waals surface area (Å²) in [5, 5.41) is 4.05. The molecule has 0 unspecified atom stereocenters. The highest BCUT2D eigenvalue weighted by molar-refractivity contribution is 6.30. The highest BCUT2D eigenvalue weighted by Gasteiger charge is 2.31. The number of halogens is 2. The Labute approximate surface area is 113 Å². The average molecular weight is 271 g/mol. The third-order valence-electron chi connectivity index (χ3n) is 3.94. The first kappa shape index (κ1) is 13.6. The second kappa shape index (κ2) is 5.45. The number of hydrogen-bond donors (Lipinski definition) is 1. The molecule has 0 spiro atoms. The molecule has 0 radical (unpaired) electrons. The summed E-state index contributed by atoms with van der Waals surface area (Å²) in [4.78, 5) is 2.22. The van der Waals surface area contributed by atoms with Gasteiger partial charge in [0, 0.05) is 35.9 Å². The van der Waals surface area contributed by atoms with Crippen LogP contribution in [-0.4, -0.2) is 25.2 Å². The third-order valence-corrected chi connectivity index (χ3v) is 4.16. The Hall–Kier alpha value is -0.800. The van der Waals surface area contributed by atoms with Gasteiger partial charge < -0.3 is 10.2 Å². The SMILES string of the molecule is CCC1(CC)CN(c2cc(F)cc(Cl)c2)CCN1. The van der Waals surface area contributed by atoms with E-state index < -0.39 is 0 Å². The van der Waals surface area contributed by atoms with Gasteiger partial charge in [-0.25, -0.2) is 4.39 Å². The molecule has 1 aliphatic rings. The highest BCUT2D eigenvalue weighted by atomic mass is 35.5. The normalized spacial score (nSPS) is 19.0. The quantitative estimate of drug-likeness (QED) is 0.905. The summed E-state index contributed by atoms with van der Waals surface area (Å²) in [6.45, 7) is 7.11. The summed E-state index contributed by atoms with van der Waals surface area (Å²) in [5.41, 5.74) is 1.02. The average Bonchev–Trinajstić information content (AvgIpc) is 2.37. The van der Waals surface area contributed by atoms with Gasteiger partial charge in [0.25, 0.3) is 0 Å².